The Hall–Kier alpha value is -3.65. The molecule has 166 valence electrons. The van der Waals surface area contributed by atoms with Crippen molar-refractivity contribution in [2.45, 2.75) is 0 Å². The lowest BCUT2D eigenvalue weighted by atomic mass is 10.2. The Kier molecular flexibility index (Phi) is 6.23. The molecule has 2 aromatic carbocycles. The Morgan fingerprint density at radius 3 is 2.44 bits per heavy atom. The van der Waals surface area contributed by atoms with Crippen molar-refractivity contribution in [2.24, 2.45) is 0 Å². The third-order valence-corrected chi connectivity index (χ3v) is 5.59. The number of H-pyrrole nitrogens is 1. The van der Waals surface area contributed by atoms with E-state index in [2.05, 4.69) is 10.3 Å². The first kappa shape index (κ1) is 21.6. The van der Waals surface area contributed by atoms with E-state index in [0.717, 1.165) is 10.9 Å². The number of nitrogens with zero attached hydrogens (tertiary/aromatic N) is 3. The Morgan fingerprint density at radius 1 is 0.969 bits per heavy atom. The minimum Gasteiger partial charge on any atom is -0.351 e. The van der Waals surface area contributed by atoms with E-state index in [1.165, 1.54) is 4.90 Å². The molecule has 1 fully saturated rings. The lowest BCUT2D eigenvalue weighted by molar-refractivity contribution is -0.117. The summed E-state index contributed by atoms with van der Waals surface area (Å²) in [4.78, 5) is 46.0. The number of fused-ring (bicyclic) bond motifs is 1. The van der Waals surface area contributed by atoms with Gasteiger partial charge in [0.15, 0.2) is 0 Å². The van der Waals surface area contributed by atoms with Crippen molar-refractivity contribution in [1.82, 2.24) is 19.7 Å². The summed E-state index contributed by atoms with van der Waals surface area (Å²) in [5.41, 5.74) is 2.65. The van der Waals surface area contributed by atoms with E-state index in [4.69, 9.17) is 0 Å². The summed E-state index contributed by atoms with van der Waals surface area (Å²) in [6, 6.07) is 16.6. The summed E-state index contributed by atoms with van der Waals surface area (Å²) in [6.07, 6.45) is 0. The summed E-state index contributed by atoms with van der Waals surface area (Å²) in [5.74, 6) is -0.278. The molecule has 0 radical (unpaired) electrons. The predicted octanol–water partition coefficient (Wildman–Crippen LogP) is 2.27. The molecule has 8 nitrogen and oxygen atoms in total. The van der Waals surface area contributed by atoms with Gasteiger partial charge in [-0.2, -0.15) is 0 Å². The summed E-state index contributed by atoms with van der Waals surface area (Å²) < 4.78 is 0. The van der Waals surface area contributed by atoms with Crippen molar-refractivity contribution in [2.75, 3.05) is 52.1 Å². The zero-order chi connectivity index (χ0) is 22.7. The highest BCUT2D eigenvalue weighted by molar-refractivity contribution is 5.98. The van der Waals surface area contributed by atoms with Crippen molar-refractivity contribution in [1.29, 1.82) is 0 Å². The van der Waals surface area contributed by atoms with Crippen molar-refractivity contribution < 1.29 is 14.4 Å². The maximum absolute atomic E-state index is 12.8. The number of para-hydroxylation sites is 1. The molecule has 1 aromatic heterocycles. The highest BCUT2D eigenvalue weighted by atomic mass is 16.2. The number of piperazine rings is 1. The van der Waals surface area contributed by atoms with Crippen LogP contribution in [-0.4, -0.2) is 84.2 Å². The largest absolute Gasteiger partial charge is 0.351 e. The Morgan fingerprint density at radius 2 is 1.72 bits per heavy atom. The van der Waals surface area contributed by atoms with Crippen LogP contribution in [0.2, 0.25) is 0 Å². The van der Waals surface area contributed by atoms with Gasteiger partial charge < -0.3 is 20.1 Å². The summed E-state index contributed by atoms with van der Waals surface area (Å²) in [5, 5.41) is 3.88. The third kappa shape index (κ3) is 4.81. The van der Waals surface area contributed by atoms with Gasteiger partial charge in [0.2, 0.25) is 5.91 Å². The summed E-state index contributed by atoms with van der Waals surface area (Å²) >= 11 is 0. The third-order valence-electron chi connectivity index (χ3n) is 5.59. The fraction of sp³-hybridized carbons (Fsp3) is 0.292. The average Bonchev–Trinajstić information content (AvgIpc) is 3.23. The van der Waals surface area contributed by atoms with Crippen LogP contribution in [0, 0.1) is 0 Å². The fourth-order valence-corrected chi connectivity index (χ4v) is 3.86. The normalized spacial score (nSPS) is 14.4. The SMILES string of the molecule is CN(C)C(=O)c1cccc(NC(=O)CN2CCN(C(=O)c3cc4ccccc4[nH]3)CC2)c1. The van der Waals surface area contributed by atoms with Crippen molar-refractivity contribution in [3.63, 3.8) is 0 Å². The molecule has 3 aromatic rings. The highest BCUT2D eigenvalue weighted by Gasteiger charge is 2.24. The van der Waals surface area contributed by atoms with E-state index in [0.29, 0.717) is 43.1 Å². The van der Waals surface area contributed by atoms with Gasteiger partial charge in [-0.25, -0.2) is 0 Å². The molecule has 1 saturated heterocycles. The van der Waals surface area contributed by atoms with E-state index >= 15 is 0 Å². The number of amides is 3. The monoisotopic (exact) mass is 433 g/mol. The molecule has 2 heterocycles. The van der Waals surface area contributed by atoms with Crippen molar-refractivity contribution in [3.05, 3.63) is 65.9 Å². The van der Waals surface area contributed by atoms with Crippen LogP contribution < -0.4 is 5.32 Å². The number of anilines is 1. The van der Waals surface area contributed by atoms with E-state index in [-0.39, 0.29) is 24.3 Å². The molecule has 0 unspecified atom stereocenters. The van der Waals surface area contributed by atoms with Crippen molar-refractivity contribution in [3.8, 4) is 0 Å². The lowest BCUT2D eigenvalue weighted by Gasteiger charge is -2.34. The van der Waals surface area contributed by atoms with Crippen LogP contribution in [0.4, 0.5) is 5.69 Å². The van der Waals surface area contributed by atoms with E-state index in [9.17, 15) is 14.4 Å². The van der Waals surface area contributed by atoms with Crippen molar-refractivity contribution >= 4 is 34.3 Å². The molecular formula is C24H27N5O3. The predicted molar refractivity (Wildman–Crippen MR) is 124 cm³/mol. The number of hydrogen-bond donors (Lipinski definition) is 2. The maximum Gasteiger partial charge on any atom is 0.270 e. The number of nitrogens with one attached hydrogen (secondary N) is 2. The molecule has 1 aliphatic heterocycles. The number of carbonyl (C=O) groups is 3. The van der Waals surface area contributed by atoms with Gasteiger partial charge in [-0.3, -0.25) is 19.3 Å². The number of rotatable bonds is 5. The van der Waals surface area contributed by atoms with E-state index in [1.807, 2.05) is 40.1 Å². The molecule has 3 amide bonds. The number of benzene rings is 2. The molecule has 0 aliphatic carbocycles. The van der Waals surface area contributed by atoms with Gasteiger partial charge >= 0.3 is 0 Å². The second kappa shape index (κ2) is 9.23. The lowest BCUT2D eigenvalue weighted by Crippen LogP contribution is -2.50. The Balaban J connectivity index is 1.29. The molecule has 0 bridgehead atoms. The second-order valence-electron chi connectivity index (χ2n) is 8.17. The first-order chi connectivity index (χ1) is 15.4. The highest BCUT2D eigenvalue weighted by Crippen LogP contribution is 2.17. The van der Waals surface area contributed by atoms with Gasteiger partial charge in [0.1, 0.15) is 5.69 Å². The smallest absolute Gasteiger partial charge is 0.270 e. The minimum atomic E-state index is -0.144. The fourth-order valence-electron chi connectivity index (χ4n) is 3.86. The molecule has 32 heavy (non-hydrogen) atoms. The summed E-state index contributed by atoms with van der Waals surface area (Å²) in [6.45, 7) is 2.61. The maximum atomic E-state index is 12.8. The van der Waals surface area contributed by atoms with Gasteiger partial charge in [-0.05, 0) is 30.3 Å². The van der Waals surface area contributed by atoms with Crippen LogP contribution in [0.5, 0.6) is 0 Å². The van der Waals surface area contributed by atoms with Gasteiger partial charge in [0.25, 0.3) is 11.8 Å². The molecular weight excluding hydrogens is 406 g/mol. The van der Waals surface area contributed by atoms with Crippen LogP contribution in [-0.2, 0) is 4.79 Å². The molecule has 8 heteroatoms. The Bertz CT molecular complexity index is 1110. The number of aromatic nitrogens is 1. The molecule has 4 rings (SSSR count). The van der Waals surface area contributed by atoms with Gasteiger partial charge in [0.05, 0.1) is 6.54 Å². The van der Waals surface area contributed by atoms with Crippen LogP contribution in [0.3, 0.4) is 0 Å². The number of hydrogen-bond acceptors (Lipinski definition) is 4. The number of aromatic amines is 1. The second-order valence-corrected chi connectivity index (χ2v) is 8.17. The zero-order valence-electron chi connectivity index (χ0n) is 18.3. The quantitative estimate of drug-likeness (QED) is 0.646. The Labute approximate surface area is 186 Å². The van der Waals surface area contributed by atoms with Crippen LogP contribution >= 0.6 is 0 Å². The molecule has 0 atom stereocenters. The molecule has 1 aliphatic rings. The standard InChI is InChI=1S/C24H27N5O3/c1-27(2)23(31)18-7-5-8-19(14-18)25-22(30)16-28-10-12-29(13-11-28)24(32)21-15-17-6-3-4-9-20(17)26-21/h3-9,14-15,26H,10-13,16H2,1-2H3,(H,25,30). The molecule has 0 spiro atoms. The molecule has 2 N–H and O–H groups in total. The van der Waals surface area contributed by atoms with Gasteiger partial charge in [-0.1, -0.05) is 24.3 Å². The first-order valence-corrected chi connectivity index (χ1v) is 10.6. The molecule has 0 saturated carbocycles. The topological polar surface area (TPSA) is 88.8 Å². The summed E-state index contributed by atoms with van der Waals surface area (Å²) in [7, 11) is 3.38. The van der Waals surface area contributed by atoms with Gasteiger partial charge in [-0.15, -0.1) is 0 Å². The van der Waals surface area contributed by atoms with E-state index in [1.54, 1.807) is 38.4 Å². The number of carbonyl (C=O) groups excluding carboxylic acids is 3. The average molecular weight is 434 g/mol. The first-order valence-electron chi connectivity index (χ1n) is 10.6. The van der Waals surface area contributed by atoms with Gasteiger partial charge in [0, 0.05) is 62.4 Å². The van der Waals surface area contributed by atoms with Crippen LogP contribution in [0.15, 0.2) is 54.6 Å². The van der Waals surface area contributed by atoms with Crippen LogP contribution in [0.25, 0.3) is 10.9 Å². The van der Waals surface area contributed by atoms with Crippen LogP contribution in [0.1, 0.15) is 20.8 Å². The van der Waals surface area contributed by atoms with E-state index < -0.39 is 0 Å². The zero-order valence-corrected chi connectivity index (χ0v) is 18.3. The minimum absolute atomic E-state index is 0.0207.